The van der Waals surface area contributed by atoms with E-state index in [1.807, 2.05) is 30.3 Å². The number of nitrogens with zero attached hydrogens (tertiary/aromatic N) is 5. The summed E-state index contributed by atoms with van der Waals surface area (Å²) in [5.74, 6) is -0.648. The lowest BCUT2D eigenvalue weighted by atomic mass is 10.0. The van der Waals surface area contributed by atoms with E-state index in [0.29, 0.717) is 52.5 Å². The molecule has 0 saturated heterocycles. The van der Waals surface area contributed by atoms with Crippen molar-refractivity contribution in [2.45, 2.75) is 25.4 Å². The summed E-state index contributed by atoms with van der Waals surface area (Å²) in [6, 6.07) is 12.1. The van der Waals surface area contributed by atoms with Gasteiger partial charge in [0.25, 0.3) is 5.91 Å². The fourth-order valence-electron chi connectivity index (χ4n) is 5.13. The van der Waals surface area contributed by atoms with Crippen molar-refractivity contribution in [1.29, 1.82) is 0 Å². The molecule has 2 aliphatic rings. The number of fused-ring (bicyclic) bond motifs is 1. The molecule has 0 aliphatic carbocycles. The number of rotatable bonds is 5. The Labute approximate surface area is 218 Å². The van der Waals surface area contributed by atoms with Crippen LogP contribution in [0.4, 0.5) is 11.4 Å². The van der Waals surface area contributed by atoms with Crippen molar-refractivity contribution < 1.29 is 18.4 Å². The third-order valence-electron chi connectivity index (χ3n) is 6.89. The van der Waals surface area contributed by atoms with Crippen LogP contribution in [0.3, 0.4) is 0 Å². The monoisotopic (exact) mass is 538 g/mol. The van der Waals surface area contributed by atoms with Crippen molar-refractivity contribution in [3.8, 4) is 0 Å². The maximum atomic E-state index is 13.7. The minimum Gasteiger partial charge on any atom is -0.755 e. The average Bonchev–Trinajstić information content (AvgIpc) is 3.40. The lowest BCUT2D eigenvalue weighted by Gasteiger charge is -2.34. The summed E-state index contributed by atoms with van der Waals surface area (Å²) in [6.07, 6.45) is 0.698. The van der Waals surface area contributed by atoms with Gasteiger partial charge in [0.15, 0.2) is 5.69 Å². The Balaban J connectivity index is 1.33. The predicted octanol–water partition coefficient (Wildman–Crippen LogP) is 2.25. The van der Waals surface area contributed by atoms with Gasteiger partial charge in [0.1, 0.15) is 11.2 Å². The first-order chi connectivity index (χ1) is 17.8. The molecule has 2 aromatic carbocycles. The molecular formula is C24H21ClN7O4S-. The van der Waals surface area contributed by atoms with Crippen molar-refractivity contribution in [2.75, 3.05) is 23.2 Å². The van der Waals surface area contributed by atoms with Gasteiger partial charge in [0.05, 0.1) is 17.7 Å². The van der Waals surface area contributed by atoms with Gasteiger partial charge in [-0.1, -0.05) is 41.9 Å². The van der Waals surface area contributed by atoms with Crippen molar-refractivity contribution in [3.05, 3.63) is 70.1 Å². The van der Waals surface area contributed by atoms with Crippen LogP contribution in [-0.2, 0) is 35.4 Å². The van der Waals surface area contributed by atoms with E-state index in [9.17, 15) is 18.4 Å². The molecule has 0 radical (unpaired) electrons. The zero-order chi connectivity index (χ0) is 25.8. The number of hydrogen-bond donors (Lipinski definition) is 2. The second-order valence-corrected chi connectivity index (χ2v) is 10.1. The maximum absolute atomic E-state index is 13.7. The first-order valence-electron chi connectivity index (χ1n) is 11.6. The van der Waals surface area contributed by atoms with Crippen LogP contribution < -0.4 is 9.62 Å². The molecule has 0 fully saturated rings. The van der Waals surface area contributed by atoms with Crippen molar-refractivity contribution in [2.24, 2.45) is 0 Å². The molecule has 6 rings (SSSR count). The highest BCUT2D eigenvalue weighted by Crippen LogP contribution is 2.37. The number of carbonyl (C=O) groups excluding carboxylic acids is 2. The van der Waals surface area contributed by atoms with E-state index in [4.69, 9.17) is 11.6 Å². The highest BCUT2D eigenvalue weighted by atomic mass is 35.5. The topological polar surface area (TPSA) is 139 Å². The molecule has 0 spiro atoms. The summed E-state index contributed by atoms with van der Waals surface area (Å²) < 4.78 is 26.3. The SMILES string of the molecule is CN1C(=O)[C@@H](N2CCc3c(nn(Cc4ccccc4)c3Cl)C2=O)Cc2[nH]nc3cc(NS(=O)[O-])cc1c23. The number of amides is 2. The summed E-state index contributed by atoms with van der Waals surface area (Å²) in [5.41, 5.74) is 3.93. The third kappa shape index (κ3) is 3.97. The number of aromatic amines is 1. The number of carbonyl (C=O) groups is 2. The summed E-state index contributed by atoms with van der Waals surface area (Å²) in [4.78, 5) is 30.3. The second-order valence-electron chi connectivity index (χ2n) is 9.06. The van der Waals surface area contributed by atoms with Crippen LogP contribution in [0.1, 0.15) is 27.3 Å². The smallest absolute Gasteiger partial charge is 0.275 e. The number of nitrogens with one attached hydrogen (secondary N) is 2. The molecule has 2 aliphatic heterocycles. The van der Waals surface area contributed by atoms with E-state index in [1.165, 1.54) is 4.90 Å². The fourth-order valence-corrected chi connectivity index (χ4v) is 5.72. The van der Waals surface area contributed by atoms with Crippen LogP contribution in [0.2, 0.25) is 5.15 Å². The van der Waals surface area contributed by atoms with Gasteiger partial charge < -0.3 is 19.1 Å². The number of halogens is 1. The number of likely N-dealkylation sites (N-methyl/N-ethyl adjacent to an activating group) is 1. The van der Waals surface area contributed by atoms with E-state index in [-0.39, 0.29) is 29.6 Å². The Kier molecular flexibility index (Phi) is 5.74. The van der Waals surface area contributed by atoms with Gasteiger partial charge in [-0.05, 0) is 24.1 Å². The Morgan fingerprint density at radius 1 is 1.24 bits per heavy atom. The lowest BCUT2D eigenvalue weighted by molar-refractivity contribution is -0.122. The van der Waals surface area contributed by atoms with E-state index in [2.05, 4.69) is 20.0 Å². The zero-order valence-electron chi connectivity index (χ0n) is 19.6. The summed E-state index contributed by atoms with van der Waals surface area (Å²) in [5, 5.41) is 12.9. The quantitative estimate of drug-likeness (QED) is 0.374. The number of hydrogen-bond acceptors (Lipinski definition) is 6. The van der Waals surface area contributed by atoms with Gasteiger partial charge in [0, 0.05) is 53.6 Å². The minimum atomic E-state index is -2.53. The van der Waals surface area contributed by atoms with Gasteiger partial charge in [-0.3, -0.25) is 18.9 Å². The Bertz CT molecular complexity index is 1580. The molecule has 37 heavy (non-hydrogen) atoms. The molecule has 2 N–H and O–H groups in total. The van der Waals surface area contributed by atoms with E-state index >= 15 is 0 Å². The molecular weight excluding hydrogens is 518 g/mol. The molecule has 4 heterocycles. The Morgan fingerprint density at radius 3 is 2.78 bits per heavy atom. The molecule has 13 heteroatoms. The third-order valence-corrected chi connectivity index (χ3v) is 7.71. The molecule has 4 aromatic rings. The zero-order valence-corrected chi connectivity index (χ0v) is 21.2. The highest BCUT2D eigenvalue weighted by molar-refractivity contribution is 7.80. The van der Waals surface area contributed by atoms with Crippen molar-refractivity contribution in [3.63, 3.8) is 0 Å². The van der Waals surface area contributed by atoms with Crippen LogP contribution in [0.15, 0.2) is 42.5 Å². The minimum absolute atomic E-state index is 0.229. The van der Waals surface area contributed by atoms with E-state index < -0.39 is 17.3 Å². The number of aromatic nitrogens is 4. The molecule has 11 nitrogen and oxygen atoms in total. The molecule has 1 unspecified atom stereocenters. The highest BCUT2D eigenvalue weighted by Gasteiger charge is 2.41. The van der Waals surface area contributed by atoms with Crippen LogP contribution >= 0.6 is 11.6 Å². The van der Waals surface area contributed by atoms with Crippen LogP contribution in [-0.4, -0.2) is 65.1 Å². The molecule has 0 saturated carbocycles. The number of H-pyrrole nitrogens is 1. The van der Waals surface area contributed by atoms with E-state index in [0.717, 1.165) is 5.56 Å². The fraction of sp³-hybridized carbons (Fsp3) is 0.250. The molecule has 190 valence electrons. The molecule has 2 atom stereocenters. The van der Waals surface area contributed by atoms with Gasteiger partial charge in [-0.25, -0.2) is 4.68 Å². The Morgan fingerprint density at radius 2 is 2.03 bits per heavy atom. The standard InChI is InChI=1S/C24H22ClN7O4S/c1-30-18-10-14(29-37(35)36)9-16-20(18)17(27-26-16)11-19(23(30)33)31-8-7-15-21(24(31)34)28-32(22(15)25)12-13-5-3-2-4-6-13/h2-6,9-10,19,29H,7-8,11-12H2,1H3,(H,26,27)(H,35,36)/p-1/t19-/m0/s1. The summed E-state index contributed by atoms with van der Waals surface area (Å²) >= 11 is 4.08. The number of benzene rings is 2. The molecule has 0 bridgehead atoms. The first-order valence-corrected chi connectivity index (χ1v) is 13.0. The van der Waals surface area contributed by atoms with Crippen molar-refractivity contribution in [1.82, 2.24) is 24.9 Å². The van der Waals surface area contributed by atoms with Crippen LogP contribution in [0.25, 0.3) is 10.9 Å². The Hall–Kier alpha value is -3.74. The second kappa shape index (κ2) is 8.98. The predicted molar refractivity (Wildman–Crippen MR) is 137 cm³/mol. The summed E-state index contributed by atoms with van der Waals surface area (Å²) in [7, 11) is 1.61. The van der Waals surface area contributed by atoms with Gasteiger partial charge >= 0.3 is 0 Å². The van der Waals surface area contributed by atoms with Gasteiger partial charge in [-0.2, -0.15) is 10.2 Å². The van der Waals surface area contributed by atoms with E-state index in [1.54, 1.807) is 28.8 Å². The normalized spacial score (nSPS) is 18.2. The summed E-state index contributed by atoms with van der Waals surface area (Å²) in [6.45, 7) is 0.736. The van der Waals surface area contributed by atoms with Gasteiger partial charge in [-0.15, -0.1) is 0 Å². The average molecular weight is 539 g/mol. The number of anilines is 2. The lowest BCUT2D eigenvalue weighted by Crippen LogP contribution is -2.53. The maximum Gasteiger partial charge on any atom is 0.275 e. The molecule has 2 aromatic heterocycles. The largest absolute Gasteiger partial charge is 0.755 e. The molecule has 2 amide bonds. The van der Waals surface area contributed by atoms with Crippen molar-refractivity contribution >= 4 is 57.0 Å². The van der Waals surface area contributed by atoms with Crippen LogP contribution in [0, 0.1) is 0 Å². The van der Waals surface area contributed by atoms with Gasteiger partial charge in [0.2, 0.25) is 5.91 Å². The van der Waals surface area contributed by atoms with Crippen LogP contribution in [0.5, 0.6) is 0 Å². The first kappa shape index (κ1) is 23.6.